The van der Waals surface area contributed by atoms with Gasteiger partial charge in [-0.2, -0.15) is 0 Å². The molecule has 0 radical (unpaired) electrons. The van der Waals surface area contributed by atoms with E-state index in [9.17, 15) is 4.79 Å². The third-order valence-electron chi connectivity index (χ3n) is 4.21. The molecule has 0 saturated heterocycles. The fourth-order valence-corrected chi connectivity index (χ4v) is 2.34. The van der Waals surface area contributed by atoms with E-state index in [1.165, 1.54) is 25.7 Å². The summed E-state index contributed by atoms with van der Waals surface area (Å²) in [5.74, 6) is 2.52. The molecule has 2 aliphatic rings. The van der Waals surface area contributed by atoms with Crippen LogP contribution in [0.1, 0.15) is 46.0 Å². The first-order chi connectivity index (χ1) is 7.54. The molecule has 1 atom stereocenters. The molecule has 1 amide bonds. The quantitative estimate of drug-likeness (QED) is 0.721. The van der Waals surface area contributed by atoms with Crippen LogP contribution in [-0.4, -0.2) is 18.0 Å². The van der Waals surface area contributed by atoms with Gasteiger partial charge in [0.2, 0.25) is 5.91 Å². The molecule has 16 heavy (non-hydrogen) atoms. The second kappa shape index (κ2) is 4.36. The molecule has 2 rings (SSSR count). The number of hydrogen-bond acceptors (Lipinski definition) is 2. The highest BCUT2D eigenvalue weighted by Gasteiger charge is 2.41. The predicted molar refractivity (Wildman–Crippen MR) is 64.8 cm³/mol. The monoisotopic (exact) mass is 224 g/mol. The van der Waals surface area contributed by atoms with Crippen molar-refractivity contribution in [1.82, 2.24) is 5.32 Å². The van der Waals surface area contributed by atoms with Gasteiger partial charge in [0.15, 0.2) is 0 Å². The Bertz CT molecular complexity index is 255. The molecule has 92 valence electrons. The smallest absolute Gasteiger partial charge is 0.239 e. The molecule has 3 heteroatoms. The Labute approximate surface area is 98.2 Å². The first kappa shape index (κ1) is 11.9. The Hall–Kier alpha value is -0.570. The lowest BCUT2D eigenvalue weighted by molar-refractivity contribution is -0.126. The van der Waals surface area contributed by atoms with E-state index in [0.29, 0.717) is 6.42 Å². The standard InChI is InChI=1S/C13H24N2O/c1-3-13(2,14)12(16)15-8-11(9-4-5-9)10-6-7-10/h9-11H,3-8,14H2,1-2H3,(H,15,16). The molecule has 0 aromatic rings. The Kier molecular flexibility index (Phi) is 3.24. The highest BCUT2D eigenvalue weighted by molar-refractivity contribution is 5.85. The molecular formula is C13H24N2O. The summed E-state index contributed by atoms with van der Waals surface area (Å²) in [4.78, 5) is 11.9. The second-order valence-electron chi connectivity index (χ2n) is 5.82. The molecule has 0 aromatic carbocycles. The van der Waals surface area contributed by atoms with E-state index in [4.69, 9.17) is 5.73 Å². The molecule has 3 N–H and O–H groups in total. The molecule has 1 unspecified atom stereocenters. The van der Waals surface area contributed by atoms with E-state index in [2.05, 4.69) is 5.32 Å². The lowest BCUT2D eigenvalue weighted by atomic mass is 9.96. The Morgan fingerprint density at radius 1 is 1.38 bits per heavy atom. The zero-order valence-corrected chi connectivity index (χ0v) is 10.5. The van der Waals surface area contributed by atoms with Crippen molar-refractivity contribution in [3.05, 3.63) is 0 Å². The van der Waals surface area contributed by atoms with Gasteiger partial charge in [0.25, 0.3) is 0 Å². The molecule has 0 bridgehead atoms. The summed E-state index contributed by atoms with van der Waals surface area (Å²) in [6.07, 6.45) is 6.15. The van der Waals surface area contributed by atoms with Crippen LogP contribution in [0.4, 0.5) is 0 Å². The van der Waals surface area contributed by atoms with Crippen LogP contribution < -0.4 is 11.1 Å². The predicted octanol–water partition coefficient (Wildman–Crippen LogP) is 1.67. The van der Waals surface area contributed by atoms with Gasteiger partial charge in [-0.15, -0.1) is 0 Å². The highest BCUT2D eigenvalue weighted by atomic mass is 16.2. The van der Waals surface area contributed by atoms with Crippen molar-refractivity contribution < 1.29 is 4.79 Å². The van der Waals surface area contributed by atoms with E-state index in [1.54, 1.807) is 0 Å². The van der Waals surface area contributed by atoms with Crippen molar-refractivity contribution in [3.8, 4) is 0 Å². The second-order valence-corrected chi connectivity index (χ2v) is 5.82. The number of nitrogens with one attached hydrogen (secondary N) is 1. The number of rotatable bonds is 6. The van der Waals surface area contributed by atoms with Gasteiger partial charge >= 0.3 is 0 Å². The van der Waals surface area contributed by atoms with Crippen molar-refractivity contribution in [1.29, 1.82) is 0 Å². The Morgan fingerprint density at radius 3 is 2.25 bits per heavy atom. The molecule has 0 spiro atoms. The summed E-state index contributed by atoms with van der Waals surface area (Å²) in [5, 5.41) is 3.05. The van der Waals surface area contributed by atoms with Crippen LogP contribution in [0.2, 0.25) is 0 Å². The maximum atomic E-state index is 11.9. The van der Waals surface area contributed by atoms with E-state index >= 15 is 0 Å². The average molecular weight is 224 g/mol. The van der Waals surface area contributed by atoms with Crippen LogP contribution >= 0.6 is 0 Å². The van der Waals surface area contributed by atoms with Gasteiger partial charge in [0, 0.05) is 6.54 Å². The van der Waals surface area contributed by atoms with Crippen molar-refractivity contribution >= 4 is 5.91 Å². The SMILES string of the molecule is CCC(C)(N)C(=O)NCC(C1CC1)C1CC1. The van der Waals surface area contributed by atoms with Gasteiger partial charge in [0.1, 0.15) is 0 Å². The molecule has 3 nitrogen and oxygen atoms in total. The lowest BCUT2D eigenvalue weighted by Crippen LogP contribution is -2.52. The fraction of sp³-hybridized carbons (Fsp3) is 0.923. The molecule has 0 aromatic heterocycles. The molecular weight excluding hydrogens is 200 g/mol. The summed E-state index contributed by atoms with van der Waals surface area (Å²) in [6.45, 7) is 4.62. The summed E-state index contributed by atoms with van der Waals surface area (Å²) < 4.78 is 0. The number of carbonyl (C=O) groups is 1. The molecule has 2 aliphatic carbocycles. The zero-order chi connectivity index (χ0) is 11.8. The minimum atomic E-state index is -0.697. The van der Waals surface area contributed by atoms with Crippen LogP contribution in [0.5, 0.6) is 0 Å². The van der Waals surface area contributed by atoms with Gasteiger partial charge in [-0.1, -0.05) is 6.92 Å². The minimum Gasteiger partial charge on any atom is -0.354 e. The van der Waals surface area contributed by atoms with Gasteiger partial charge in [-0.05, 0) is 56.8 Å². The van der Waals surface area contributed by atoms with E-state index in [1.807, 2.05) is 13.8 Å². The number of amides is 1. The van der Waals surface area contributed by atoms with Crippen LogP contribution in [-0.2, 0) is 4.79 Å². The fourth-order valence-electron chi connectivity index (χ4n) is 2.34. The summed E-state index contributed by atoms with van der Waals surface area (Å²) >= 11 is 0. The van der Waals surface area contributed by atoms with Gasteiger partial charge in [-0.25, -0.2) is 0 Å². The third kappa shape index (κ3) is 2.76. The van der Waals surface area contributed by atoms with Gasteiger partial charge in [-0.3, -0.25) is 4.79 Å². The molecule has 0 heterocycles. The number of carbonyl (C=O) groups excluding carboxylic acids is 1. The highest BCUT2D eigenvalue weighted by Crippen LogP contribution is 2.48. The first-order valence-electron chi connectivity index (χ1n) is 6.61. The largest absolute Gasteiger partial charge is 0.354 e. The van der Waals surface area contributed by atoms with E-state index in [0.717, 1.165) is 24.3 Å². The number of hydrogen-bond donors (Lipinski definition) is 2. The third-order valence-corrected chi connectivity index (χ3v) is 4.21. The maximum Gasteiger partial charge on any atom is 0.239 e. The van der Waals surface area contributed by atoms with Gasteiger partial charge < -0.3 is 11.1 Å². The Morgan fingerprint density at radius 2 is 1.88 bits per heavy atom. The topological polar surface area (TPSA) is 55.1 Å². The van der Waals surface area contributed by atoms with Crippen LogP contribution in [0.3, 0.4) is 0 Å². The number of nitrogens with two attached hydrogens (primary N) is 1. The molecule has 0 aliphatic heterocycles. The van der Waals surface area contributed by atoms with E-state index < -0.39 is 5.54 Å². The normalized spacial score (nSPS) is 24.2. The van der Waals surface area contributed by atoms with Crippen LogP contribution in [0.25, 0.3) is 0 Å². The minimum absolute atomic E-state index is 0.0151. The van der Waals surface area contributed by atoms with Crippen molar-refractivity contribution in [2.45, 2.75) is 51.5 Å². The van der Waals surface area contributed by atoms with Crippen LogP contribution in [0.15, 0.2) is 0 Å². The molecule has 2 fully saturated rings. The van der Waals surface area contributed by atoms with Crippen LogP contribution in [0, 0.1) is 17.8 Å². The van der Waals surface area contributed by atoms with E-state index in [-0.39, 0.29) is 5.91 Å². The average Bonchev–Trinajstić information content (AvgIpc) is 3.10. The summed E-state index contributed by atoms with van der Waals surface area (Å²) in [5.41, 5.74) is 5.22. The lowest BCUT2D eigenvalue weighted by Gasteiger charge is -2.24. The maximum absolute atomic E-state index is 11.9. The summed E-state index contributed by atoms with van der Waals surface area (Å²) in [7, 11) is 0. The first-order valence-corrected chi connectivity index (χ1v) is 6.61. The zero-order valence-electron chi connectivity index (χ0n) is 10.5. The van der Waals surface area contributed by atoms with Crippen molar-refractivity contribution in [2.24, 2.45) is 23.5 Å². The molecule has 2 saturated carbocycles. The van der Waals surface area contributed by atoms with Crippen molar-refractivity contribution in [3.63, 3.8) is 0 Å². The summed E-state index contributed by atoms with van der Waals surface area (Å²) in [6, 6.07) is 0. The van der Waals surface area contributed by atoms with Gasteiger partial charge in [0.05, 0.1) is 5.54 Å². The Balaban J connectivity index is 1.78. The van der Waals surface area contributed by atoms with Crippen molar-refractivity contribution in [2.75, 3.05) is 6.54 Å².